The lowest BCUT2D eigenvalue weighted by molar-refractivity contribution is -0.142. The second-order valence-electron chi connectivity index (χ2n) is 7.07. The molecule has 0 aliphatic carbocycles. The molecule has 0 aromatic carbocycles. The lowest BCUT2D eigenvalue weighted by Gasteiger charge is -2.27. The van der Waals surface area contributed by atoms with Crippen molar-refractivity contribution in [3.05, 3.63) is 18.2 Å². The van der Waals surface area contributed by atoms with Gasteiger partial charge in [0.15, 0.2) is 0 Å². The van der Waals surface area contributed by atoms with Crippen LogP contribution in [0.3, 0.4) is 0 Å². The zero-order valence-corrected chi connectivity index (χ0v) is 17.2. The Balaban J connectivity index is 2.83. The molecule has 8 N–H and O–H groups in total. The molecule has 30 heavy (non-hydrogen) atoms. The number of aliphatic carboxylic acids is 1. The summed E-state index contributed by atoms with van der Waals surface area (Å²) in [6.45, 7) is 4.38. The maximum absolute atomic E-state index is 12.8. The Kier molecular flexibility index (Phi) is 9.92. The van der Waals surface area contributed by atoms with Crippen molar-refractivity contribution < 1.29 is 29.4 Å². The van der Waals surface area contributed by atoms with Gasteiger partial charge >= 0.3 is 5.97 Å². The zero-order valence-electron chi connectivity index (χ0n) is 17.2. The minimum atomic E-state index is -1.23. The lowest BCUT2D eigenvalue weighted by atomic mass is 9.97. The zero-order chi connectivity index (χ0) is 22.8. The van der Waals surface area contributed by atoms with Crippen molar-refractivity contribution in [3.63, 3.8) is 0 Å². The second kappa shape index (κ2) is 11.9. The average Bonchev–Trinajstić information content (AvgIpc) is 3.22. The van der Waals surface area contributed by atoms with Crippen LogP contribution >= 0.6 is 0 Å². The van der Waals surface area contributed by atoms with Gasteiger partial charge in [0.05, 0.1) is 12.9 Å². The summed E-state index contributed by atoms with van der Waals surface area (Å²) in [7, 11) is 0. The second-order valence-corrected chi connectivity index (χ2v) is 7.07. The number of carbonyl (C=O) groups is 4. The molecule has 5 atom stereocenters. The summed E-state index contributed by atoms with van der Waals surface area (Å²) in [4.78, 5) is 55.1. The van der Waals surface area contributed by atoms with Crippen LogP contribution in [0, 0.1) is 5.92 Å². The number of rotatable bonds is 12. The van der Waals surface area contributed by atoms with Gasteiger partial charge in [-0.05, 0) is 12.8 Å². The number of amides is 3. The third-order valence-corrected chi connectivity index (χ3v) is 4.67. The molecule has 0 spiro atoms. The number of hydrogen-bond acceptors (Lipinski definition) is 7. The third-order valence-electron chi connectivity index (χ3n) is 4.67. The molecule has 1 heterocycles. The van der Waals surface area contributed by atoms with Crippen molar-refractivity contribution in [2.45, 2.75) is 57.8 Å². The van der Waals surface area contributed by atoms with Gasteiger partial charge in [0, 0.05) is 18.3 Å². The predicted octanol–water partition coefficient (Wildman–Crippen LogP) is -2.12. The van der Waals surface area contributed by atoms with E-state index in [2.05, 4.69) is 25.9 Å². The summed E-state index contributed by atoms with van der Waals surface area (Å²) >= 11 is 0. The molecule has 1 aromatic heterocycles. The largest absolute Gasteiger partial charge is 0.480 e. The Morgan fingerprint density at radius 3 is 2.30 bits per heavy atom. The molecule has 0 aliphatic heterocycles. The van der Waals surface area contributed by atoms with Gasteiger partial charge in [-0.3, -0.25) is 14.4 Å². The molecule has 168 valence electrons. The number of aliphatic hydroxyl groups is 1. The Morgan fingerprint density at radius 2 is 1.80 bits per heavy atom. The molecule has 12 nitrogen and oxygen atoms in total. The summed E-state index contributed by atoms with van der Waals surface area (Å²) < 4.78 is 0. The molecule has 0 bridgehead atoms. The van der Waals surface area contributed by atoms with Crippen molar-refractivity contribution in [2.75, 3.05) is 6.61 Å². The van der Waals surface area contributed by atoms with E-state index in [4.69, 9.17) is 10.8 Å². The normalized spacial score (nSPS) is 15.9. The first-order valence-electron chi connectivity index (χ1n) is 9.58. The number of aliphatic hydroxyl groups excluding tert-OH is 1. The van der Waals surface area contributed by atoms with Gasteiger partial charge in [-0.1, -0.05) is 20.3 Å². The number of nitrogens with two attached hydrogens (primary N) is 1. The van der Waals surface area contributed by atoms with E-state index >= 15 is 0 Å². The first-order valence-corrected chi connectivity index (χ1v) is 9.58. The number of nitrogens with zero attached hydrogens (tertiary/aromatic N) is 1. The molecule has 3 amide bonds. The molecule has 0 fully saturated rings. The number of carboxylic acids is 1. The lowest BCUT2D eigenvalue weighted by Crippen LogP contribution is -2.58. The van der Waals surface area contributed by atoms with E-state index < -0.39 is 54.5 Å². The van der Waals surface area contributed by atoms with E-state index in [1.54, 1.807) is 6.92 Å². The minimum absolute atomic E-state index is 0.00620. The van der Waals surface area contributed by atoms with Gasteiger partial charge in [-0.15, -0.1) is 0 Å². The van der Waals surface area contributed by atoms with Crippen molar-refractivity contribution in [3.8, 4) is 0 Å². The average molecular weight is 426 g/mol. The fourth-order valence-corrected chi connectivity index (χ4v) is 2.53. The van der Waals surface area contributed by atoms with E-state index in [-0.39, 0.29) is 12.3 Å². The predicted molar refractivity (Wildman–Crippen MR) is 106 cm³/mol. The summed E-state index contributed by atoms with van der Waals surface area (Å²) in [6, 6.07) is -4.43. The van der Waals surface area contributed by atoms with Crippen molar-refractivity contribution in [1.82, 2.24) is 25.9 Å². The molecule has 0 radical (unpaired) electrons. The number of imidazole rings is 1. The number of nitrogens with one attached hydrogen (secondary N) is 4. The van der Waals surface area contributed by atoms with Crippen molar-refractivity contribution in [1.29, 1.82) is 0 Å². The topological polar surface area (TPSA) is 200 Å². The molecular formula is C18H30N6O6. The minimum Gasteiger partial charge on any atom is -0.480 e. The van der Waals surface area contributed by atoms with Crippen molar-refractivity contribution in [2.24, 2.45) is 11.7 Å². The first-order chi connectivity index (χ1) is 14.1. The van der Waals surface area contributed by atoms with Gasteiger partial charge in [0.25, 0.3) is 0 Å². The molecule has 0 saturated carbocycles. The Labute approximate surface area is 174 Å². The highest BCUT2D eigenvalue weighted by Crippen LogP contribution is 2.10. The van der Waals surface area contributed by atoms with E-state index in [0.29, 0.717) is 12.1 Å². The number of H-pyrrole nitrogens is 1. The summed E-state index contributed by atoms with van der Waals surface area (Å²) in [6.07, 6.45) is 3.38. The van der Waals surface area contributed by atoms with Crippen LogP contribution in [0.2, 0.25) is 0 Å². The fourth-order valence-electron chi connectivity index (χ4n) is 2.53. The van der Waals surface area contributed by atoms with E-state index in [1.165, 1.54) is 19.4 Å². The molecule has 0 saturated heterocycles. The maximum Gasteiger partial charge on any atom is 0.326 e. The van der Waals surface area contributed by atoms with Crippen LogP contribution in [-0.2, 0) is 25.6 Å². The van der Waals surface area contributed by atoms with Gasteiger partial charge in [0.1, 0.15) is 24.2 Å². The third kappa shape index (κ3) is 7.44. The number of aromatic amines is 1. The Hall–Kier alpha value is -2.99. The van der Waals surface area contributed by atoms with E-state index in [0.717, 1.165) is 0 Å². The van der Waals surface area contributed by atoms with Crippen LogP contribution in [0.1, 0.15) is 32.9 Å². The molecule has 5 unspecified atom stereocenters. The summed E-state index contributed by atoms with van der Waals surface area (Å²) in [5.41, 5.74) is 5.93. The summed E-state index contributed by atoms with van der Waals surface area (Å²) in [5, 5.41) is 25.7. The molecule has 1 rings (SSSR count). The van der Waals surface area contributed by atoms with Gasteiger partial charge in [-0.25, -0.2) is 9.78 Å². The van der Waals surface area contributed by atoms with Crippen LogP contribution in [0.25, 0.3) is 0 Å². The molecule has 1 aromatic rings. The standard InChI is InChI=1S/C18H30N6O6/c1-4-9(2)14(24-15(26)10(3)22-16(27)12(19)7-25)17(28)23-13(18(29)30)5-11-6-20-8-21-11/h6,8-10,12-14,25H,4-5,7,19H2,1-3H3,(H,20,21)(H,22,27)(H,23,28)(H,24,26)(H,29,30). The first kappa shape index (κ1) is 25.0. The molecule has 12 heteroatoms. The SMILES string of the molecule is CCC(C)C(NC(=O)C(C)NC(=O)C(N)CO)C(=O)NC(Cc1cnc[nH]1)C(=O)O. The summed E-state index contributed by atoms with van der Waals surface area (Å²) in [5.74, 6) is -3.55. The maximum atomic E-state index is 12.8. The quantitative estimate of drug-likeness (QED) is 0.196. The van der Waals surface area contributed by atoms with Gasteiger partial charge in [-0.2, -0.15) is 0 Å². The Morgan fingerprint density at radius 1 is 1.13 bits per heavy atom. The Bertz CT molecular complexity index is 725. The smallest absolute Gasteiger partial charge is 0.326 e. The van der Waals surface area contributed by atoms with Gasteiger partial charge in [0.2, 0.25) is 17.7 Å². The van der Waals surface area contributed by atoms with Crippen LogP contribution in [0.15, 0.2) is 12.5 Å². The van der Waals surface area contributed by atoms with Crippen molar-refractivity contribution >= 4 is 23.7 Å². The number of aromatic nitrogens is 2. The van der Waals surface area contributed by atoms with Crippen LogP contribution in [-0.4, -0.2) is 74.6 Å². The van der Waals surface area contributed by atoms with Crippen LogP contribution in [0.4, 0.5) is 0 Å². The molecular weight excluding hydrogens is 396 g/mol. The number of carboxylic acid groups (broad SMARTS) is 1. The number of hydrogen-bond donors (Lipinski definition) is 7. The highest BCUT2D eigenvalue weighted by atomic mass is 16.4. The fraction of sp³-hybridized carbons (Fsp3) is 0.611. The number of carbonyl (C=O) groups excluding carboxylic acids is 3. The monoisotopic (exact) mass is 426 g/mol. The van der Waals surface area contributed by atoms with E-state index in [1.807, 2.05) is 6.92 Å². The highest BCUT2D eigenvalue weighted by molar-refractivity contribution is 5.94. The van der Waals surface area contributed by atoms with Gasteiger partial charge < -0.3 is 36.9 Å². The molecule has 0 aliphatic rings. The van der Waals surface area contributed by atoms with Crippen LogP contribution in [0.5, 0.6) is 0 Å². The van der Waals surface area contributed by atoms with E-state index in [9.17, 15) is 24.3 Å². The highest BCUT2D eigenvalue weighted by Gasteiger charge is 2.31. The van der Waals surface area contributed by atoms with Crippen LogP contribution < -0.4 is 21.7 Å².